The Hall–Kier alpha value is -2.31. The van der Waals surface area contributed by atoms with E-state index in [0.29, 0.717) is 34.6 Å². The van der Waals surface area contributed by atoms with Gasteiger partial charge in [-0.2, -0.15) is 0 Å². The second kappa shape index (κ2) is 11.6. The Morgan fingerprint density at radius 2 is 2.00 bits per heavy atom. The molecule has 1 atom stereocenters. The second-order valence-electron chi connectivity index (χ2n) is 9.18. The average molecular weight is 570 g/mol. The van der Waals surface area contributed by atoms with E-state index in [1.807, 2.05) is 18.2 Å². The van der Waals surface area contributed by atoms with Gasteiger partial charge in [-0.15, -0.1) is 11.3 Å². The standard InChI is InChI=1S/C25H29ClFN3O5S2/c1-34-8-9-35-19-3-5-21-22(15-19)36-24(29-21)25(6-10-37(32,33)11-7-25)30-23(31)14-18(28)13-16-12-17(26)2-4-20(16)27/h2-5,12,15,18H,6-11,13-14,28H2,1H3,(H,30,31)/t18-/m1/s1. The molecule has 4 rings (SSSR count). The van der Waals surface area contributed by atoms with Crippen molar-refractivity contribution in [1.29, 1.82) is 0 Å². The molecule has 2 aromatic carbocycles. The molecule has 0 spiro atoms. The zero-order valence-electron chi connectivity index (χ0n) is 20.3. The van der Waals surface area contributed by atoms with Crippen LogP contribution < -0.4 is 15.8 Å². The Morgan fingerprint density at radius 3 is 2.73 bits per heavy atom. The fourth-order valence-corrected chi connectivity index (χ4v) is 7.25. The molecule has 1 aromatic heterocycles. The molecule has 8 nitrogen and oxygen atoms in total. The molecule has 0 saturated carbocycles. The number of aromatic nitrogens is 1. The summed E-state index contributed by atoms with van der Waals surface area (Å²) in [7, 11) is -1.61. The molecule has 1 aliphatic heterocycles. The number of fused-ring (bicyclic) bond motifs is 1. The average Bonchev–Trinajstić information content (AvgIpc) is 3.27. The first kappa shape index (κ1) is 27.7. The molecule has 37 heavy (non-hydrogen) atoms. The highest BCUT2D eigenvalue weighted by molar-refractivity contribution is 7.91. The predicted molar refractivity (Wildman–Crippen MR) is 142 cm³/mol. The monoisotopic (exact) mass is 569 g/mol. The first-order chi connectivity index (χ1) is 17.6. The Balaban J connectivity index is 1.53. The summed E-state index contributed by atoms with van der Waals surface area (Å²) in [5, 5.41) is 4.06. The van der Waals surface area contributed by atoms with Crippen LogP contribution in [-0.4, -0.2) is 57.2 Å². The van der Waals surface area contributed by atoms with Crippen LogP contribution >= 0.6 is 22.9 Å². The maximum Gasteiger partial charge on any atom is 0.222 e. The van der Waals surface area contributed by atoms with E-state index in [1.165, 1.54) is 29.5 Å². The molecular formula is C25H29ClFN3O5S2. The number of nitrogens with zero attached hydrogens (tertiary/aromatic N) is 1. The number of halogens is 2. The van der Waals surface area contributed by atoms with Crippen molar-refractivity contribution in [3.05, 3.63) is 57.8 Å². The smallest absolute Gasteiger partial charge is 0.222 e. The lowest BCUT2D eigenvalue weighted by Crippen LogP contribution is -2.51. The number of carbonyl (C=O) groups excluding carboxylic acids is 1. The molecule has 12 heteroatoms. The van der Waals surface area contributed by atoms with Gasteiger partial charge in [0.25, 0.3) is 0 Å². The number of amides is 1. The number of hydrogen-bond acceptors (Lipinski definition) is 8. The van der Waals surface area contributed by atoms with Gasteiger partial charge in [0.2, 0.25) is 5.91 Å². The zero-order chi connectivity index (χ0) is 26.6. The lowest BCUT2D eigenvalue weighted by molar-refractivity contribution is -0.123. The van der Waals surface area contributed by atoms with Gasteiger partial charge in [0.15, 0.2) is 9.84 Å². The second-order valence-corrected chi connectivity index (χ2v) is 12.9. The third-order valence-electron chi connectivity index (χ3n) is 6.32. The molecule has 2 heterocycles. The molecule has 1 amide bonds. The van der Waals surface area contributed by atoms with E-state index in [2.05, 4.69) is 5.32 Å². The molecule has 200 valence electrons. The van der Waals surface area contributed by atoms with Gasteiger partial charge < -0.3 is 20.5 Å². The minimum atomic E-state index is -3.20. The summed E-state index contributed by atoms with van der Waals surface area (Å²) in [6.45, 7) is 0.868. The van der Waals surface area contributed by atoms with Gasteiger partial charge >= 0.3 is 0 Å². The van der Waals surface area contributed by atoms with Crippen LogP contribution in [0.5, 0.6) is 5.75 Å². The molecule has 0 bridgehead atoms. The molecule has 0 radical (unpaired) electrons. The molecule has 1 aliphatic rings. The number of thiazole rings is 1. The summed E-state index contributed by atoms with van der Waals surface area (Å²) in [5.74, 6) is -0.238. The Kier molecular flexibility index (Phi) is 8.70. The van der Waals surface area contributed by atoms with Crippen molar-refractivity contribution < 1.29 is 27.1 Å². The first-order valence-corrected chi connectivity index (χ1v) is 14.8. The van der Waals surface area contributed by atoms with Gasteiger partial charge in [-0.05, 0) is 61.2 Å². The molecule has 1 saturated heterocycles. The zero-order valence-corrected chi connectivity index (χ0v) is 22.7. The number of ether oxygens (including phenoxy) is 2. The highest BCUT2D eigenvalue weighted by atomic mass is 35.5. The fourth-order valence-electron chi connectivity index (χ4n) is 4.33. The third kappa shape index (κ3) is 6.97. The van der Waals surface area contributed by atoms with Crippen molar-refractivity contribution >= 4 is 48.9 Å². The normalized spacial score (nSPS) is 17.4. The number of sulfone groups is 1. The SMILES string of the molecule is COCCOc1ccc2nc(C3(NC(=O)C[C@H](N)Cc4cc(Cl)ccc4F)CCS(=O)(=O)CC3)sc2c1. The van der Waals surface area contributed by atoms with Gasteiger partial charge in [0, 0.05) is 24.6 Å². The van der Waals surface area contributed by atoms with Crippen LogP contribution in [0.25, 0.3) is 10.2 Å². The Morgan fingerprint density at radius 1 is 1.24 bits per heavy atom. The van der Waals surface area contributed by atoms with Gasteiger partial charge in [-0.1, -0.05) is 11.6 Å². The van der Waals surface area contributed by atoms with Crippen molar-refractivity contribution in [2.24, 2.45) is 5.73 Å². The highest BCUT2D eigenvalue weighted by Crippen LogP contribution is 2.39. The Labute approximate surface area is 224 Å². The number of hydrogen-bond donors (Lipinski definition) is 2. The summed E-state index contributed by atoms with van der Waals surface area (Å²) < 4.78 is 50.1. The quantitative estimate of drug-likeness (QED) is 0.358. The minimum Gasteiger partial charge on any atom is -0.491 e. The molecule has 0 unspecified atom stereocenters. The Bertz CT molecular complexity index is 1370. The van der Waals surface area contributed by atoms with Gasteiger partial charge in [0.05, 0.1) is 33.9 Å². The minimum absolute atomic E-state index is 0.0611. The number of nitrogens with one attached hydrogen (secondary N) is 1. The van der Waals surface area contributed by atoms with Crippen LogP contribution in [0.15, 0.2) is 36.4 Å². The van der Waals surface area contributed by atoms with E-state index >= 15 is 0 Å². The lowest BCUT2D eigenvalue weighted by Gasteiger charge is -2.36. The first-order valence-electron chi connectivity index (χ1n) is 11.8. The van der Waals surface area contributed by atoms with E-state index in [9.17, 15) is 17.6 Å². The predicted octanol–water partition coefficient (Wildman–Crippen LogP) is 3.59. The van der Waals surface area contributed by atoms with Crippen molar-refractivity contribution in [3.8, 4) is 5.75 Å². The van der Waals surface area contributed by atoms with Crippen molar-refractivity contribution in [2.45, 2.75) is 37.3 Å². The van der Waals surface area contributed by atoms with E-state index < -0.39 is 27.2 Å². The summed E-state index contributed by atoms with van der Waals surface area (Å²) in [6.07, 6.45) is 0.476. The van der Waals surface area contributed by atoms with E-state index in [4.69, 9.17) is 31.8 Å². The number of rotatable bonds is 10. The van der Waals surface area contributed by atoms with Crippen LogP contribution in [0.4, 0.5) is 4.39 Å². The molecule has 1 fully saturated rings. The lowest BCUT2D eigenvalue weighted by atomic mass is 9.92. The van der Waals surface area contributed by atoms with Crippen molar-refractivity contribution in [2.75, 3.05) is 31.8 Å². The number of benzene rings is 2. The summed E-state index contributed by atoms with van der Waals surface area (Å²) in [5.41, 5.74) is 6.31. The van der Waals surface area contributed by atoms with Crippen LogP contribution in [0, 0.1) is 5.82 Å². The number of methoxy groups -OCH3 is 1. The molecule has 3 N–H and O–H groups in total. The third-order valence-corrected chi connectivity index (χ3v) is 9.43. The van der Waals surface area contributed by atoms with E-state index in [1.54, 1.807) is 7.11 Å². The van der Waals surface area contributed by atoms with E-state index in [0.717, 1.165) is 10.2 Å². The molecule has 0 aliphatic carbocycles. The van der Waals surface area contributed by atoms with Crippen molar-refractivity contribution in [3.63, 3.8) is 0 Å². The maximum atomic E-state index is 14.1. The number of carbonyl (C=O) groups is 1. The summed E-state index contributed by atoms with van der Waals surface area (Å²) in [4.78, 5) is 17.9. The van der Waals surface area contributed by atoms with E-state index in [-0.39, 0.29) is 43.1 Å². The maximum absolute atomic E-state index is 14.1. The van der Waals surface area contributed by atoms with Crippen LogP contribution in [0.2, 0.25) is 5.02 Å². The fraction of sp³-hybridized carbons (Fsp3) is 0.440. The van der Waals surface area contributed by atoms with Gasteiger partial charge in [-0.3, -0.25) is 4.79 Å². The topological polar surface area (TPSA) is 121 Å². The van der Waals surface area contributed by atoms with Crippen LogP contribution in [0.1, 0.15) is 29.8 Å². The van der Waals surface area contributed by atoms with Crippen LogP contribution in [-0.2, 0) is 31.3 Å². The summed E-state index contributed by atoms with van der Waals surface area (Å²) in [6, 6.07) is 9.08. The van der Waals surface area contributed by atoms with Gasteiger partial charge in [-0.25, -0.2) is 17.8 Å². The highest BCUT2D eigenvalue weighted by Gasteiger charge is 2.42. The number of nitrogens with two attached hydrogens (primary N) is 1. The summed E-state index contributed by atoms with van der Waals surface area (Å²) >= 11 is 7.36. The largest absolute Gasteiger partial charge is 0.491 e. The van der Waals surface area contributed by atoms with Gasteiger partial charge in [0.1, 0.15) is 23.2 Å². The van der Waals surface area contributed by atoms with Crippen molar-refractivity contribution in [1.82, 2.24) is 10.3 Å². The molecule has 3 aromatic rings. The molecular weight excluding hydrogens is 541 g/mol. The van der Waals surface area contributed by atoms with Crippen LogP contribution in [0.3, 0.4) is 0 Å².